The van der Waals surface area contributed by atoms with Crippen molar-refractivity contribution >= 4 is 92.8 Å². The number of alkyl halides is 8. The monoisotopic (exact) mass is 328 g/mol. The highest BCUT2D eigenvalue weighted by Crippen LogP contribution is 2.77. The Morgan fingerprint density at radius 1 is 0.333 bits per heavy atom. The Morgan fingerprint density at radius 2 is 0.417 bits per heavy atom. The summed E-state index contributed by atoms with van der Waals surface area (Å²) in [5, 5.41) is 0. The van der Waals surface area contributed by atoms with E-state index in [1.807, 2.05) is 0 Å². The Morgan fingerprint density at radius 3 is 0.500 bits per heavy atom. The summed E-state index contributed by atoms with van der Waals surface area (Å²) >= 11 is 45.1. The SMILES string of the molecule is ClC1(Cl)C(Cl)(Cl)C(Cl)(Cl)C1(Cl)Cl. The summed E-state index contributed by atoms with van der Waals surface area (Å²) < 4.78 is -7.24. The van der Waals surface area contributed by atoms with Gasteiger partial charge in [-0.1, -0.05) is 92.8 Å². The fourth-order valence-electron chi connectivity index (χ4n) is 0.726. The molecule has 0 radical (unpaired) electrons. The highest BCUT2D eigenvalue weighted by molar-refractivity contribution is 6.82. The Hall–Kier alpha value is 2.32. The molecule has 1 fully saturated rings. The summed E-state index contributed by atoms with van der Waals surface area (Å²) in [5.74, 6) is 0. The summed E-state index contributed by atoms with van der Waals surface area (Å²) in [6, 6.07) is 0. The maximum atomic E-state index is 5.64. The van der Waals surface area contributed by atoms with E-state index in [1.165, 1.54) is 0 Å². The first-order chi connectivity index (χ1) is 5.00. The Balaban J connectivity index is 3.16. The number of hydrogen-bond acceptors (Lipinski definition) is 0. The van der Waals surface area contributed by atoms with Crippen LogP contribution in [0.5, 0.6) is 0 Å². The van der Waals surface area contributed by atoms with E-state index >= 15 is 0 Å². The van der Waals surface area contributed by atoms with Gasteiger partial charge in [0.1, 0.15) is 0 Å². The van der Waals surface area contributed by atoms with Gasteiger partial charge in [0, 0.05) is 0 Å². The maximum absolute atomic E-state index is 5.64. The van der Waals surface area contributed by atoms with Crippen LogP contribution in [0.4, 0.5) is 0 Å². The second-order valence-corrected chi connectivity index (χ2v) is 7.61. The zero-order valence-corrected chi connectivity index (χ0v) is 11.1. The first kappa shape index (κ1) is 12.4. The highest BCUT2D eigenvalue weighted by Gasteiger charge is 2.87. The van der Waals surface area contributed by atoms with Crippen molar-refractivity contribution in [3.05, 3.63) is 0 Å². The van der Waals surface area contributed by atoms with E-state index in [2.05, 4.69) is 0 Å². The second kappa shape index (κ2) is 2.92. The second-order valence-electron chi connectivity index (χ2n) is 2.30. The summed E-state index contributed by atoms with van der Waals surface area (Å²) in [7, 11) is 0. The molecule has 1 aliphatic carbocycles. The molecular formula is C4Cl8. The summed E-state index contributed by atoms with van der Waals surface area (Å²) in [4.78, 5) is 0. The van der Waals surface area contributed by atoms with Gasteiger partial charge in [-0.25, -0.2) is 0 Å². The summed E-state index contributed by atoms with van der Waals surface area (Å²) in [6.45, 7) is 0. The number of hydrogen-bond donors (Lipinski definition) is 0. The Labute approximate surface area is 109 Å². The highest BCUT2D eigenvalue weighted by atomic mass is 35.6. The van der Waals surface area contributed by atoms with E-state index < -0.39 is 17.3 Å². The van der Waals surface area contributed by atoms with Crippen LogP contribution in [0.1, 0.15) is 0 Å². The van der Waals surface area contributed by atoms with Crippen molar-refractivity contribution in [2.24, 2.45) is 0 Å². The summed E-state index contributed by atoms with van der Waals surface area (Å²) in [6.07, 6.45) is 0. The predicted molar refractivity (Wildman–Crippen MR) is 57.7 cm³/mol. The third-order valence-electron chi connectivity index (χ3n) is 1.58. The molecule has 0 aromatic carbocycles. The molecule has 1 rings (SSSR count). The molecule has 1 saturated carbocycles. The van der Waals surface area contributed by atoms with Gasteiger partial charge in [0.15, 0.2) is 17.3 Å². The minimum Gasteiger partial charge on any atom is -0.0946 e. The third-order valence-corrected chi connectivity index (χ3v) is 7.66. The van der Waals surface area contributed by atoms with Gasteiger partial charge in [0.2, 0.25) is 0 Å². The Bertz CT molecular complexity index is 151. The van der Waals surface area contributed by atoms with Crippen molar-refractivity contribution in [1.82, 2.24) is 0 Å². The third kappa shape index (κ3) is 1.08. The fraction of sp³-hybridized carbons (Fsp3) is 1.00. The van der Waals surface area contributed by atoms with Crippen LogP contribution in [-0.2, 0) is 0 Å². The Kier molecular flexibility index (Phi) is 3.01. The molecule has 0 heterocycles. The maximum Gasteiger partial charge on any atom is 0.189 e. The van der Waals surface area contributed by atoms with Crippen molar-refractivity contribution in [3.8, 4) is 0 Å². The molecule has 0 amide bonds. The number of rotatable bonds is 0. The molecule has 0 spiro atoms. The van der Waals surface area contributed by atoms with Crippen LogP contribution in [0.2, 0.25) is 0 Å². The van der Waals surface area contributed by atoms with Crippen LogP contribution in [-0.4, -0.2) is 17.3 Å². The first-order valence-electron chi connectivity index (χ1n) is 2.51. The largest absolute Gasteiger partial charge is 0.189 e. The molecule has 0 unspecified atom stereocenters. The lowest BCUT2D eigenvalue weighted by Gasteiger charge is -2.61. The van der Waals surface area contributed by atoms with Crippen molar-refractivity contribution in [3.63, 3.8) is 0 Å². The van der Waals surface area contributed by atoms with Crippen molar-refractivity contribution in [1.29, 1.82) is 0 Å². The minimum atomic E-state index is -1.81. The van der Waals surface area contributed by atoms with Crippen LogP contribution in [0, 0.1) is 0 Å². The molecule has 0 bridgehead atoms. The lowest BCUT2D eigenvalue weighted by atomic mass is 9.93. The molecule has 72 valence electrons. The first-order valence-corrected chi connectivity index (χ1v) is 5.54. The molecule has 8 heteroatoms. The average Bonchev–Trinajstić information content (AvgIpc) is 1.84. The standard InChI is InChI=1S/C4Cl8/c5-1(6)2(7,8)4(11,12)3(1,9)10. The van der Waals surface area contributed by atoms with Gasteiger partial charge >= 0.3 is 0 Å². The van der Waals surface area contributed by atoms with E-state index in [0.29, 0.717) is 0 Å². The molecular weight excluding hydrogens is 332 g/mol. The molecule has 0 aromatic heterocycles. The van der Waals surface area contributed by atoms with Crippen LogP contribution >= 0.6 is 92.8 Å². The zero-order valence-electron chi connectivity index (χ0n) is 5.02. The van der Waals surface area contributed by atoms with Crippen molar-refractivity contribution < 1.29 is 0 Å². The molecule has 1 aliphatic rings. The van der Waals surface area contributed by atoms with Gasteiger partial charge in [0.05, 0.1) is 0 Å². The van der Waals surface area contributed by atoms with Crippen LogP contribution in [0.3, 0.4) is 0 Å². The van der Waals surface area contributed by atoms with Crippen LogP contribution in [0.15, 0.2) is 0 Å². The zero-order chi connectivity index (χ0) is 10.0. The van der Waals surface area contributed by atoms with Gasteiger partial charge in [-0.15, -0.1) is 0 Å². The quantitative estimate of drug-likeness (QED) is 0.565. The van der Waals surface area contributed by atoms with Crippen LogP contribution < -0.4 is 0 Å². The van der Waals surface area contributed by atoms with Crippen molar-refractivity contribution in [2.75, 3.05) is 0 Å². The molecule has 12 heavy (non-hydrogen) atoms. The van der Waals surface area contributed by atoms with Crippen LogP contribution in [0.25, 0.3) is 0 Å². The van der Waals surface area contributed by atoms with E-state index in [1.54, 1.807) is 0 Å². The lowest BCUT2D eigenvalue weighted by molar-refractivity contribution is 0.368. The normalized spacial score (nSPS) is 34.0. The minimum absolute atomic E-state index is 1.81. The van der Waals surface area contributed by atoms with Crippen molar-refractivity contribution in [2.45, 2.75) is 17.3 Å². The topological polar surface area (TPSA) is 0 Å². The smallest absolute Gasteiger partial charge is 0.0946 e. The average molecular weight is 332 g/mol. The van der Waals surface area contributed by atoms with E-state index in [-0.39, 0.29) is 0 Å². The van der Waals surface area contributed by atoms with Gasteiger partial charge < -0.3 is 0 Å². The number of halogens is 8. The van der Waals surface area contributed by atoms with E-state index in [4.69, 9.17) is 92.8 Å². The van der Waals surface area contributed by atoms with Gasteiger partial charge in [0.25, 0.3) is 0 Å². The van der Waals surface area contributed by atoms with Gasteiger partial charge in [-0.2, -0.15) is 0 Å². The molecule has 0 nitrogen and oxygen atoms in total. The lowest BCUT2D eigenvalue weighted by Crippen LogP contribution is -2.78. The molecule has 0 saturated heterocycles. The van der Waals surface area contributed by atoms with E-state index in [9.17, 15) is 0 Å². The molecule has 0 N–H and O–H groups in total. The van der Waals surface area contributed by atoms with Gasteiger partial charge in [-0.05, 0) is 0 Å². The molecule has 0 atom stereocenters. The molecule has 0 aliphatic heterocycles. The predicted octanol–water partition coefficient (Wildman–Crippen LogP) is 4.70. The molecule has 0 aromatic rings. The fourth-order valence-corrected chi connectivity index (χ4v) is 3.77. The van der Waals surface area contributed by atoms with Gasteiger partial charge in [-0.3, -0.25) is 0 Å². The summed E-state index contributed by atoms with van der Waals surface area (Å²) in [5.41, 5.74) is 0. The van der Waals surface area contributed by atoms with E-state index in [0.717, 1.165) is 0 Å².